The molecule has 4 nitrogen and oxygen atoms in total. The van der Waals surface area contributed by atoms with Crippen LogP contribution in [0.1, 0.15) is 33.6 Å². The minimum Gasteiger partial charge on any atom is -0.374 e. The van der Waals surface area contributed by atoms with E-state index in [-0.39, 0.29) is 9.68 Å². The molecule has 108 valence electrons. The highest BCUT2D eigenvalue weighted by atomic mass is 28.4. The van der Waals surface area contributed by atoms with Gasteiger partial charge in [0, 0.05) is 25.9 Å². The van der Waals surface area contributed by atoms with Crippen molar-refractivity contribution >= 4 is 18.5 Å². The maximum atomic E-state index is 5.86. The largest absolute Gasteiger partial charge is 0.500 e. The highest BCUT2D eigenvalue weighted by Gasteiger charge is 2.39. The summed E-state index contributed by atoms with van der Waals surface area (Å²) in [5.74, 6) is 0. The molecule has 1 aliphatic rings. The first kappa shape index (κ1) is 16.3. The maximum Gasteiger partial charge on any atom is 0.500 e. The average molecular weight is 292 g/mol. The topological polar surface area (TPSA) is 30.9 Å². The van der Waals surface area contributed by atoms with Gasteiger partial charge in [0.2, 0.25) is 0 Å². The summed E-state index contributed by atoms with van der Waals surface area (Å²) >= 11 is 0. The molecule has 0 saturated carbocycles. The van der Waals surface area contributed by atoms with Crippen LogP contribution in [0.5, 0.6) is 0 Å². The highest BCUT2D eigenvalue weighted by molar-refractivity contribution is 6.60. The first-order valence-corrected chi connectivity index (χ1v) is 11.0. The lowest BCUT2D eigenvalue weighted by Crippen LogP contribution is -2.46. The zero-order valence-corrected chi connectivity index (χ0v) is 14.7. The van der Waals surface area contributed by atoms with E-state index in [0.29, 0.717) is 19.8 Å². The smallest absolute Gasteiger partial charge is 0.374 e. The molecule has 1 saturated heterocycles. The van der Waals surface area contributed by atoms with E-state index in [2.05, 4.69) is 4.57 Å². The SMILES string of the molecule is CCO[Si](CCCN1CCC[SiH2]1)(OCC)OCC. The fourth-order valence-electron chi connectivity index (χ4n) is 2.53. The summed E-state index contributed by atoms with van der Waals surface area (Å²) < 4.78 is 20.3. The van der Waals surface area contributed by atoms with Crippen molar-refractivity contribution in [1.82, 2.24) is 4.57 Å². The third-order valence-corrected chi connectivity index (χ3v) is 8.48. The third-order valence-electron chi connectivity index (χ3n) is 3.25. The molecule has 0 aliphatic carbocycles. The van der Waals surface area contributed by atoms with Crippen LogP contribution in [0.2, 0.25) is 12.1 Å². The number of nitrogens with zero attached hydrogens (tertiary/aromatic N) is 1. The van der Waals surface area contributed by atoms with Crippen LogP contribution in [0.25, 0.3) is 0 Å². The van der Waals surface area contributed by atoms with Gasteiger partial charge in [-0.25, -0.2) is 0 Å². The van der Waals surface area contributed by atoms with E-state index < -0.39 is 8.80 Å². The fraction of sp³-hybridized carbons (Fsp3) is 1.00. The number of hydrogen-bond acceptors (Lipinski definition) is 4. The summed E-state index contributed by atoms with van der Waals surface area (Å²) in [4.78, 5) is 0. The molecule has 0 aromatic carbocycles. The summed E-state index contributed by atoms with van der Waals surface area (Å²) in [6.07, 6.45) is 2.57. The first-order valence-electron chi connectivity index (χ1n) is 7.40. The second-order valence-electron chi connectivity index (χ2n) is 4.63. The van der Waals surface area contributed by atoms with Gasteiger partial charge in [-0.05, 0) is 52.7 Å². The Morgan fingerprint density at radius 3 is 2.11 bits per heavy atom. The average Bonchev–Trinajstić information content (AvgIpc) is 2.83. The van der Waals surface area contributed by atoms with E-state index in [1.54, 1.807) is 0 Å². The third kappa shape index (κ3) is 5.50. The van der Waals surface area contributed by atoms with Gasteiger partial charge in [-0.1, -0.05) is 0 Å². The van der Waals surface area contributed by atoms with Crippen molar-refractivity contribution in [2.24, 2.45) is 0 Å². The molecule has 18 heavy (non-hydrogen) atoms. The van der Waals surface area contributed by atoms with Crippen LogP contribution in [0.4, 0.5) is 0 Å². The lowest BCUT2D eigenvalue weighted by atomic mass is 10.4. The van der Waals surface area contributed by atoms with E-state index in [9.17, 15) is 0 Å². The second kappa shape index (κ2) is 9.22. The Labute approximate surface area is 115 Å². The van der Waals surface area contributed by atoms with E-state index >= 15 is 0 Å². The molecule has 6 heteroatoms. The fourth-order valence-corrected chi connectivity index (χ4v) is 6.91. The Bertz CT molecular complexity index is 196. The highest BCUT2D eigenvalue weighted by Crippen LogP contribution is 2.19. The maximum absolute atomic E-state index is 5.86. The van der Waals surface area contributed by atoms with Gasteiger partial charge in [0.1, 0.15) is 0 Å². The molecule has 0 unspecified atom stereocenters. The summed E-state index contributed by atoms with van der Waals surface area (Å²) in [6, 6.07) is 2.46. The Hall–Kier alpha value is 0.274. The van der Waals surface area contributed by atoms with Gasteiger partial charge in [0.15, 0.2) is 0 Å². The quantitative estimate of drug-likeness (QED) is 0.573. The lowest BCUT2D eigenvalue weighted by molar-refractivity contribution is 0.0705. The zero-order chi connectivity index (χ0) is 13.3. The monoisotopic (exact) mass is 291 g/mol. The molecule has 0 N–H and O–H groups in total. The van der Waals surface area contributed by atoms with E-state index in [4.69, 9.17) is 13.3 Å². The zero-order valence-electron chi connectivity index (χ0n) is 12.2. The van der Waals surface area contributed by atoms with Crippen LogP contribution >= 0.6 is 0 Å². The molecular formula is C12H29NO3Si2. The molecule has 0 spiro atoms. The first-order chi connectivity index (χ1) is 8.76. The molecule has 0 atom stereocenters. The van der Waals surface area contributed by atoms with Crippen molar-refractivity contribution in [3.05, 3.63) is 0 Å². The molecule has 0 radical (unpaired) electrons. The van der Waals surface area contributed by atoms with Gasteiger partial charge in [0.25, 0.3) is 0 Å². The molecule has 0 aromatic heterocycles. The van der Waals surface area contributed by atoms with Crippen molar-refractivity contribution in [3.8, 4) is 0 Å². The predicted molar refractivity (Wildman–Crippen MR) is 79.6 cm³/mol. The molecule has 1 aliphatic heterocycles. The Balaban J connectivity index is 2.37. The Morgan fingerprint density at radius 1 is 1.06 bits per heavy atom. The summed E-state index contributed by atoms with van der Waals surface area (Å²) in [5.41, 5.74) is 0. The van der Waals surface area contributed by atoms with E-state index in [1.807, 2.05) is 20.8 Å². The molecule has 0 amide bonds. The second-order valence-corrected chi connectivity index (χ2v) is 9.42. The normalized spacial score (nSPS) is 18.8. The van der Waals surface area contributed by atoms with Crippen LogP contribution in [0.3, 0.4) is 0 Å². The van der Waals surface area contributed by atoms with Gasteiger partial charge in [0.05, 0.1) is 9.68 Å². The van der Waals surface area contributed by atoms with E-state index in [0.717, 1.165) is 12.5 Å². The van der Waals surface area contributed by atoms with Crippen molar-refractivity contribution in [1.29, 1.82) is 0 Å². The standard InChI is InChI=1S/C12H29NO3Si2/c1-4-14-18(15-5-2,16-6-3)12-8-10-13-9-7-11-17-13/h4-12,17H2,1-3H3. The predicted octanol–water partition coefficient (Wildman–Crippen LogP) is 1.63. The minimum absolute atomic E-state index is 0.0849. The van der Waals surface area contributed by atoms with Gasteiger partial charge in [-0.2, -0.15) is 0 Å². The molecular weight excluding hydrogens is 262 g/mol. The molecule has 0 bridgehead atoms. The van der Waals surface area contributed by atoms with Crippen LogP contribution in [-0.4, -0.2) is 56.0 Å². The van der Waals surface area contributed by atoms with Crippen LogP contribution in [0, 0.1) is 0 Å². The van der Waals surface area contributed by atoms with Gasteiger partial charge >= 0.3 is 8.80 Å². The van der Waals surface area contributed by atoms with Crippen molar-refractivity contribution in [2.75, 3.05) is 32.9 Å². The minimum atomic E-state index is -2.38. The number of hydrogen-bond donors (Lipinski definition) is 0. The summed E-state index contributed by atoms with van der Waals surface area (Å²) in [7, 11) is -2.29. The number of rotatable bonds is 10. The summed E-state index contributed by atoms with van der Waals surface area (Å²) in [6.45, 7) is 10.7. The van der Waals surface area contributed by atoms with Crippen LogP contribution < -0.4 is 0 Å². The molecule has 0 aromatic rings. The van der Waals surface area contributed by atoms with Gasteiger partial charge in [-0.3, -0.25) is 0 Å². The van der Waals surface area contributed by atoms with E-state index in [1.165, 1.54) is 25.6 Å². The van der Waals surface area contributed by atoms with Gasteiger partial charge in [-0.15, -0.1) is 0 Å². The molecule has 1 fully saturated rings. The van der Waals surface area contributed by atoms with Crippen LogP contribution in [0.15, 0.2) is 0 Å². The Kier molecular flexibility index (Phi) is 8.36. The lowest BCUT2D eigenvalue weighted by Gasteiger charge is -2.29. The van der Waals surface area contributed by atoms with Crippen LogP contribution in [-0.2, 0) is 13.3 Å². The van der Waals surface area contributed by atoms with Crippen molar-refractivity contribution in [2.45, 2.75) is 45.7 Å². The molecule has 1 heterocycles. The Morgan fingerprint density at radius 2 is 1.67 bits per heavy atom. The summed E-state index contributed by atoms with van der Waals surface area (Å²) in [5, 5.41) is 0. The van der Waals surface area contributed by atoms with Gasteiger partial charge < -0.3 is 17.8 Å². The molecule has 1 rings (SSSR count). The van der Waals surface area contributed by atoms with Crippen molar-refractivity contribution in [3.63, 3.8) is 0 Å². The van der Waals surface area contributed by atoms with Crippen molar-refractivity contribution < 1.29 is 13.3 Å².